The van der Waals surface area contributed by atoms with Gasteiger partial charge in [-0.3, -0.25) is 0 Å². The number of hydrogen-bond acceptors (Lipinski definition) is 4. The van der Waals surface area contributed by atoms with Crippen LogP contribution in [0, 0.1) is 12.7 Å². The second kappa shape index (κ2) is 6.52. The van der Waals surface area contributed by atoms with Crippen molar-refractivity contribution in [2.24, 2.45) is 0 Å². The van der Waals surface area contributed by atoms with E-state index in [-0.39, 0.29) is 22.3 Å². The van der Waals surface area contributed by atoms with Crippen LogP contribution >= 0.6 is 0 Å². The van der Waals surface area contributed by atoms with E-state index in [0.717, 1.165) is 19.4 Å². The van der Waals surface area contributed by atoms with Gasteiger partial charge in [-0.25, -0.2) is 12.8 Å². The maximum Gasteiger partial charge on any atom is 0.243 e. The molecule has 0 N–H and O–H groups in total. The van der Waals surface area contributed by atoms with E-state index in [2.05, 4.69) is 4.90 Å². The molecular weight excluding hydrogens is 307 g/mol. The Hall–Kier alpha value is -1.18. The number of piperidine rings is 1. The number of likely N-dealkylation sites (tertiary alicyclic amines) is 1. The molecule has 0 aromatic heterocycles. The minimum Gasteiger partial charge on any atom is -0.494 e. The predicted molar refractivity (Wildman–Crippen MR) is 83.2 cm³/mol. The van der Waals surface area contributed by atoms with Crippen LogP contribution in [0.1, 0.15) is 18.4 Å². The molecule has 5 nitrogen and oxygen atoms in total. The van der Waals surface area contributed by atoms with Crippen molar-refractivity contribution in [2.75, 3.05) is 34.3 Å². The Kier molecular flexibility index (Phi) is 5.09. The molecule has 0 radical (unpaired) electrons. The zero-order valence-corrected chi connectivity index (χ0v) is 14.3. The van der Waals surface area contributed by atoms with Gasteiger partial charge in [0, 0.05) is 25.2 Å². The molecule has 0 aliphatic carbocycles. The molecule has 7 heteroatoms. The van der Waals surface area contributed by atoms with E-state index in [9.17, 15) is 12.8 Å². The summed E-state index contributed by atoms with van der Waals surface area (Å²) in [5, 5.41) is 0. The summed E-state index contributed by atoms with van der Waals surface area (Å²) < 4.78 is 46.0. The van der Waals surface area contributed by atoms with Crippen LogP contribution in [-0.4, -0.2) is 58.0 Å². The summed E-state index contributed by atoms with van der Waals surface area (Å²) in [6.45, 7) is 3.12. The highest BCUT2D eigenvalue weighted by atomic mass is 32.2. The minimum atomic E-state index is -3.73. The Morgan fingerprint density at radius 1 is 1.41 bits per heavy atom. The van der Waals surface area contributed by atoms with Crippen LogP contribution in [0.3, 0.4) is 0 Å². The average Bonchev–Trinajstić information content (AvgIpc) is 2.48. The molecule has 1 aromatic rings. The first-order valence-corrected chi connectivity index (χ1v) is 8.72. The topological polar surface area (TPSA) is 49.9 Å². The normalized spacial score (nSPS) is 20.4. The molecule has 1 atom stereocenters. The first kappa shape index (κ1) is 17.2. The summed E-state index contributed by atoms with van der Waals surface area (Å²) in [5.41, 5.74) is 0.0929. The van der Waals surface area contributed by atoms with Crippen LogP contribution in [0.2, 0.25) is 0 Å². The first-order chi connectivity index (χ1) is 10.3. The van der Waals surface area contributed by atoms with E-state index in [1.54, 1.807) is 7.05 Å². The molecule has 1 heterocycles. The highest BCUT2D eigenvalue weighted by molar-refractivity contribution is 7.89. The van der Waals surface area contributed by atoms with Gasteiger partial charge in [-0.1, -0.05) is 0 Å². The maximum atomic E-state index is 14.1. The minimum absolute atomic E-state index is 0.00141. The average molecular weight is 330 g/mol. The molecule has 1 fully saturated rings. The fourth-order valence-corrected chi connectivity index (χ4v) is 4.46. The van der Waals surface area contributed by atoms with Gasteiger partial charge >= 0.3 is 0 Å². The van der Waals surface area contributed by atoms with Crippen molar-refractivity contribution in [1.82, 2.24) is 9.21 Å². The molecule has 1 saturated heterocycles. The molecule has 1 aliphatic rings. The lowest BCUT2D eigenvalue weighted by atomic mass is 10.1. The highest BCUT2D eigenvalue weighted by Crippen LogP contribution is 2.29. The molecule has 2 rings (SSSR count). The van der Waals surface area contributed by atoms with Crippen molar-refractivity contribution < 1.29 is 17.5 Å². The van der Waals surface area contributed by atoms with E-state index in [4.69, 9.17) is 4.74 Å². The van der Waals surface area contributed by atoms with Gasteiger partial charge in [0.15, 0.2) is 11.6 Å². The molecule has 0 spiro atoms. The van der Waals surface area contributed by atoms with Crippen molar-refractivity contribution in [3.8, 4) is 5.75 Å². The van der Waals surface area contributed by atoms with Gasteiger partial charge in [0.25, 0.3) is 0 Å². The number of nitrogens with zero attached hydrogens (tertiary/aromatic N) is 2. The van der Waals surface area contributed by atoms with Gasteiger partial charge in [0.1, 0.15) is 0 Å². The van der Waals surface area contributed by atoms with Gasteiger partial charge in [-0.05, 0) is 45.5 Å². The first-order valence-electron chi connectivity index (χ1n) is 7.28. The van der Waals surface area contributed by atoms with Crippen molar-refractivity contribution in [3.05, 3.63) is 23.5 Å². The van der Waals surface area contributed by atoms with Gasteiger partial charge in [0.2, 0.25) is 10.0 Å². The van der Waals surface area contributed by atoms with Crippen LogP contribution in [0.5, 0.6) is 5.75 Å². The summed E-state index contributed by atoms with van der Waals surface area (Å²) in [4.78, 5) is 2.11. The molecule has 1 aromatic carbocycles. The van der Waals surface area contributed by atoms with Crippen molar-refractivity contribution in [1.29, 1.82) is 0 Å². The van der Waals surface area contributed by atoms with Crippen LogP contribution in [-0.2, 0) is 10.0 Å². The number of benzene rings is 1. The predicted octanol–water partition coefficient (Wildman–Crippen LogP) is 1.86. The Balaban J connectivity index is 2.36. The SMILES string of the molecule is COc1ccc(S(=O)(=O)N(C)C2CCCN(C)C2)c(C)c1F. The number of hydrogen-bond donors (Lipinski definition) is 0. The number of likely N-dealkylation sites (N-methyl/N-ethyl adjacent to an activating group) is 2. The molecule has 0 saturated carbocycles. The quantitative estimate of drug-likeness (QED) is 0.845. The van der Waals surface area contributed by atoms with Gasteiger partial charge in [-0.15, -0.1) is 0 Å². The third-order valence-corrected chi connectivity index (χ3v) is 6.35. The number of methoxy groups -OCH3 is 1. The summed E-state index contributed by atoms with van der Waals surface area (Å²) in [6, 6.07) is 2.68. The zero-order chi connectivity index (χ0) is 16.5. The number of rotatable bonds is 4. The lowest BCUT2D eigenvalue weighted by Crippen LogP contribution is -2.47. The molecule has 1 unspecified atom stereocenters. The van der Waals surface area contributed by atoms with E-state index in [1.165, 1.54) is 30.5 Å². The third-order valence-electron chi connectivity index (χ3n) is 4.29. The van der Waals surface area contributed by atoms with E-state index < -0.39 is 15.8 Å². The summed E-state index contributed by atoms with van der Waals surface area (Å²) in [6.07, 6.45) is 1.77. The Morgan fingerprint density at radius 3 is 2.68 bits per heavy atom. The van der Waals surface area contributed by atoms with Gasteiger partial charge in [0.05, 0.1) is 12.0 Å². The van der Waals surface area contributed by atoms with Crippen LogP contribution in [0.25, 0.3) is 0 Å². The summed E-state index contributed by atoms with van der Waals surface area (Å²) in [5.74, 6) is -0.575. The van der Waals surface area contributed by atoms with Crippen molar-refractivity contribution >= 4 is 10.0 Å². The molecule has 0 amide bonds. The lowest BCUT2D eigenvalue weighted by molar-refractivity contribution is 0.187. The van der Waals surface area contributed by atoms with Crippen LogP contribution < -0.4 is 4.74 Å². The van der Waals surface area contributed by atoms with Crippen molar-refractivity contribution in [2.45, 2.75) is 30.7 Å². The fourth-order valence-electron chi connectivity index (χ4n) is 2.87. The molecular formula is C15H23FN2O3S. The third kappa shape index (κ3) is 3.11. The summed E-state index contributed by atoms with van der Waals surface area (Å²) >= 11 is 0. The standard InChI is InChI=1S/C15H23FN2O3S/c1-11-14(8-7-13(21-4)15(11)16)22(19,20)18(3)12-6-5-9-17(2)10-12/h7-8,12H,5-6,9-10H2,1-4H3. The molecule has 124 valence electrons. The van der Waals surface area contributed by atoms with Crippen molar-refractivity contribution in [3.63, 3.8) is 0 Å². The number of sulfonamides is 1. The molecule has 0 bridgehead atoms. The fraction of sp³-hybridized carbons (Fsp3) is 0.600. The Morgan fingerprint density at radius 2 is 2.09 bits per heavy atom. The van der Waals surface area contributed by atoms with Gasteiger partial charge < -0.3 is 9.64 Å². The molecule has 22 heavy (non-hydrogen) atoms. The Labute approximate surface area is 131 Å². The van der Waals surface area contributed by atoms with E-state index in [0.29, 0.717) is 6.54 Å². The van der Waals surface area contributed by atoms with E-state index >= 15 is 0 Å². The second-order valence-electron chi connectivity index (χ2n) is 5.78. The monoisotopic (exact) mass is 330 g/mol. The highest BCUT2D eigenvalue weighted by Gasteiger charge is 2.32. The van der Waals surface area contributed by atoms with E-state index in [1.807, 2.05) is 7.05 Å². The van der Waals surface area contributed by atoms with Crippen LogP contribution in [0.4, 0.5) is 4.39 Å². The second-order valence-corrected chi connectivity index (χ2v) is 7.75. The lowest BCUT2D eigenvalue weighted by Gasteiger charge is -2.35. The maximum absolute atomic E-state index is 14.1. The molecule has 1 aliphatic heterocycles. The largest absolute Gasteiger partial charge is 0.494 e. The summed E-state index contributed by atoms with van der Waals surface area (Å²) in [7, 11) is 1.18. The zero-order valence-electron chi connectivity index (χ0n) is 13.5. The number of halogens is 1. The number of ether oxygens (including phenoxy) is 1. The van der Waals surface area contributed by atoms with Crippen LogP contribution in [0.15, 0.2) is 17.0 Å². The smallest absolute Gasteiger partial charge is 0.243 e. The van der Waals surface area contributed by atoms with Gasteiger partial charge in [-0.2, -0.15) is 4.31 Å². The Bertz CT molecular complexity index is 648.